The number of nitrogen functional groups attached to an aromatic ring is 1. The van der Waals surface area contributed by atoms with Crippen LogP contribution in [0, 0.1) is 12.8 Å². The zero-order valence-electron chi connectivity index (χ0n) is 13.5. The van der Waals surface area contributed by atoms with Gasteiger partial charge in [-0.2, -0.15) is 0 Å². The third-order valence-corrected chi connectivity index (χ3v) is 4.78. The van der Waals surface area contributed by atoms with Gasteiger partial charge in [-0.15, -0.1) is 10.2 Å². The molecule has 1 aromatic heterocycles. The summed E-state index contributed by atoms with van der Waals surface area (Å²) in [6, 6.07) is 10.1. The summed E-state index contributed by atoms with van der Waals surface area (Å²) in [6.07, 6.45) is 2.27. The summed E-state index contributed by atoms with van der Waals surface area (Å²) >= 11 is 0. The summed E-state index contributed by atoms with van der Waals surface area (Å²) in [7, 11) is 2.14. The van der Waals surface area contributed by atoms with Gasteiger partial charge in [0.05, 0.1) is 5.69 Å². The molecule has 0 saturated carbocycles. The second-order valence-corrected chi connectivity index (χ2v) is 6.57. The van der Waals surface area contributed by atoms with Crippen LogP contribution >= 0.6 is 0 Å². The fourth-order valence-electron chi connectivity index (χ4n) is 3.42. The van der Waals surface area contributed by atoms with E-state index in [0.717, 1.165) is 48.0 Å². The highest BCUT2D eigenvalue weighted by Crippen LogP contribution is 2.31. The molecule has 2 aromatic rings. The van der Waals surface area contributed by atoms with E-state index < -0.39 is 0 Å². The van der Waals surface area contributed by atoms with Crippen molar-refractivity contribution in [3.63, 3.8) is 0 Å². The molecule has 118 valence electrons. The first-order valence-corrected chi connectivity index (χ1v) is 7.96. The standard InChI is InChI=1S/C18H21N5/c1-12-3-4-13(7-16(12)19)17-5-6-18(21-20-17)23-10-14-8-22(2)9-15(14)11-23/h3-8,15H,9-11,19H2,1-2H3. The third kappa shape index (κ3) is 2.52. The smallest absolute Gasteiger partial charge is 0.151 e. The van der Waals surface area contributed by atoms with Crippen molar-refractivity contribution in [2.75, 3.05) is 37.3 Å². The van der Waals surface area contributed by atoms with Crippen molar-refractivity contribution in [3.05, 3.63) is 47.7 Å². The molecule has 1 saturated heterocycles. The molecule has 5 heteroatoms. The van der Waals surface area contributed by atoms with Gasteiger partial charge in [-0.05, 0) is 36.3 Å². The molecule has 0 amide bonds. The van der Waals surface area contributed by atoms with Crippen molar-refractivity contribution in [1.82, 2.24) is 15.1 Å². The number of nitrogens with two attached hydrogens (primary N) is 1. The van der Waals surface area contributed by atoms with E-state index in [0.29, 0.717) is 5.92 Å². The molecule has 0 aliphatic carbocycles. The molecule has 23 heavy (non-hydrogen) atoms. The molecule has 5 nitrogen and oxygen atoms in total. The SMILES string of the molecule is Cc1ccc(-c2ccc(N3CC4=CN(C)CC4C3)nn2)cc1N. The predicted octanol–water partition coefficient (Wildman–Crippen LogP) is 2.30. The predicted molar refractivity (Wildman–Crippen MR) is 93.0 cm³/mol. The maximum absolute atomic E-state index is 5.98. The Morgan fingerprint density at radius 2 is 2.00 bits per heavy atom. The largest absolute Gasteiger partial charge is 0.398 e. The number of benzene rings is 1. The quantitative estimate of drug-likeness (QED) is 0.863. The van der Waals surface area contributed by atoms with Crippen LogP contribution in [0.4, 0.5) is 11.5 Å². The summed E-state index contributed by atoms with van der Waals surface area (Å²) in [5.41, 5.74) is 11.2. The Labute approximate surface area is 136 Å². The highest BCUT2D eigenvalue weighted by atomic mass is 15.3. The highest BCUT2D eigenvalue weighted by molar-refractivity contribution is 5.66. The average Bonchev–Trinajstić information content (AvgIpc) is 3.07. The maximum atomic E-state index is 5.98. The van der Waals surface area contributed by atoms with E-state index in [-0.39, 0.29) is 0 Å². The molecule has 1 aromatic carbocycles. The minimum Gasteiger partial charge on any atom is -0.398 e. The second kappa shape index (κ2) is 5.26. The third-order valence-electron chi connectivity index (χ3n) is 4.78. The van der Waals surface area contributed by atoms with E-state index >= 15 is 0 Å². The van der Waals surface area contributed by atoms with E-state index in [1.807, 2.05) is 31.2 Å². The van der Waals surface area contributed by atoms with Gasteiger partial charge >= 0.3 is 0 Å². The topological polar surface area (TPSA) is 58.3 Å². The van der Waals surface area contributed by atoms with Gasteiger partial charge in [0.25, 0.3) is 0 Å². The van der Waals surface area contributed by atoms with Crippen LogP contribution in [0.3, 0.4) is 0 Å². The molecule has 0 bridgehead atoms. The monoisotopic (exact) mass is 307 g/mol. The Bertz CT molecular complexity index is 765. The lowest BCUT2D eigenvalue weighted by Crippen LogP contribution is -2.25. The van der Waals surface area contributed by atoms with Crippen LogP contribution in [0.25, 0.3) is 11.3 Å². The molecular formula is C18H21N5. The van der Waals surface area contributed by atoms with E-state index in [4.69, 9.17) is 5.73 Å². The molecule has 2 N–H and O–H groups in total. The van der Waals surface area contributed by atoms with Gasteiger partial charge in [0.1, 0.15) is 0 Å². The van der Waals surface area contributed by atoms with Crippen LogP contribution in [0.2, 0.25) is 0 Å². The first-order valence-electron chi connectivity index (χ1n) is 7.96. The summed E-state index contributed by atoms with van der Waals surface area (Å²) in [4.78, 5) is 4.58. The molecule has 1 unspecified atom stereocenters. The van der Waals surface area contributed by atoms with Crippen molar-refractivity contribution < 1.29 is 0 Å². The maximum Gasteiger partial charge on any atom is 0.151 e. The molecule has 4 rings (SSSR count). The van der Waals surface area contributed by atoms with Crippen molar-refractivity contribution in [2.45, 2.75) is 6.92 Å². The number of hydrogen-bond donors (Lipinski definition) is 1. The van der Waals surface area contributed by atoms with Gasteiger partial charge in [-0.25, -0.2) is 0 Å². The number of nitrogens with zero attached hydrogens (tertiary/aromatic N) is 4. The van der Waals surface area contributed by atoms with E-state index in [1.165, 1.54) is 5.57 Å². The molecule has 3 heterocycles. The van der Waals surface area contributed by atoms with Gasteiger partial charge in [0.2, 0.25) is 0 Å². The summed E-state index contributed by atoms with van der Waals surface area (Å²) < 4.78 is 0. The Morgan fingerprint density at radius 1 is 1.13 bits per heavy atom. The minimum absolute atomic E-state index is 0.637. The Balaban J connectivity index is 1.55. The van der Waals surface area contributed by atoms with Crippen LogP contribution in [0.1, 0.15) is 5.56 Å². The van der Waals surface area contributed by atoms with Crippen molar-refractivity contribution in [2.24, 2.45) is 5.92 Å². The zero-order chi connectivity index (χ0) is 16.0. The molecular weight excluding hydrogens is 286 g/mol. The van der Waals surface area contributed by atoms with E-state index in [2.05, 4.69) is 39.3 Å². The Kier molecular flexibility index (Phi) is 3.22. The molecule has 1 atom stereocenters. The molecule has 0 spiro atoms. The van der Waals surface area contributed by atoms with Gasteiger partial charge in [0, 0.05) is 50.1 Å². The number of fused-ring (bicyclic) bond motifs is 1. The number of anilines is 2. The fraction of sp³-hybridized carbons (Fsp3) is 0.333. The lowest BCUT2D eigenvalue weighted by Gasteiger charge is -2.18. The van der Waals surface area contributed by atoms with Crippen LogP contribution < -0.4 is 10.6 Å². The summed E-state index contributed by atoms with van der Waals surface area (Å²) in [5.74, 6) is 1.59. The fourth-order valence-corrected chi connectivity index (χ4v) is 3.42. The van der Waals surface area contributed by atoms with Gasteiger partial charge in [0.15, 0.2) is 5.82 Å². The van der Waals surface area contributed by atoms with E-state index in [9.17, 15) is 0 Å². The Morgan fingerprint density at radius 3 is 2.70 bits per heavy atom. The van der Waals surface area contributed by atoms with Crippen LogP contribution in [-0.2, 0) is 0 Å². The normalized spacial score (nSPS) is 19.9. The molecule has 1 fully saturated rings. The first-order chi connectivity index (χ1) is 11.1. The van der Waals surface area contributed by atoms with Gasteiger partial charge in [-0.1, -0.05) is 12.1 Å². The summed E-state index contributed by atoms with van der Waals surface area (Å²) in [5, 5.41) is 8.83. The molecule has 0 radical (unpaired) electrons. The zero-order valence-corrected chi connectivity index (χ0v) is 13.5. The Hall–Kier alpha value is -2.56. The van der Waals surface area contributed by atoms with E-state index in [1.54, 1.807) is 0 Å². The van der Waals surface area contributed by atoms with Gasteiger partial charge < -0.3 is 15.5 Å². The van der Waals surface area contributed by atoms with Gasteiger partial charge in [-0.3, -0.25) is 0 Å². The number of hydrogen-bond acceptors (Lipinski definition) is 5. The van der Waals surface area contributed by atoms with Crippen LogP contribution in [-0.4, -0.2) is 41.8 Å². The summed E-state index contributed by atoms with van der Waals surface area (Å²) in [6.45, 7) is 5.10. The van der Waals surface area contributed by atoms with Crippen LogP contribution in [0.15, 0.2) is 42.1 Å². The lowest BCUT2D eigenvalue weighted by atomic mass is 10.1. The number of rotatable bonds is 2. The van der Waals surface area contributed by atoms with Crippen molar-refractivity contribution >= 4 is 11.5 Å². The number of aromatic nitrogens is 2. The first kappa shape index (κ1) is 14.1. The van der Waals surface area contributed by atoms with Crippen molar-refractivity contribution in [3.8, 4) is 11.3 Å². The molecule has 2 aliphatic rings. The second-order valence-electron chi connectivity index (χ2n) is 6.57. The number of aryl methyl sites for hydroxylation is 1. The molecule has 2 aliphatic heterocycles. The highest BCUT2D eigenvalue weighted by Gasteiger charge is 2.32. The average molecular weight is 307 g/mol. The van der Waals surface area contributed by atoms with Crippen molar-refractivity contribution in [1.29, 1.82) is 0 Å². The van der Waals surface area contributed by atoms with Crippen LogP contribution in [0.5, 0.6) is 0 Å². The minimum atomic E-state index is 0.637. The lowest BCUT2D eigenvalue weighted by molar-refractivity contribution is 0.442.